The first-order chi connectivity index (χ1) is 5.79. The summed E-state index contributed by atoms with van der Waals surface area (Å²) < 4.78 is 5.71. The Labute approximate surface area is 87.2 Å². The molecule has 0 radical (unpaired) electrons. The zero-order valence-electron chi connectivity index (χ0n) is 8.58. The molecule has 1 rings (SSSR count). The molecule has 0 saturated carbocycles. The highest BCUT2D eigenvalue weighted by Gasteiger charge is 2.12. The summed E-state index contributed by atoms with van der Waals surface area (Å²) in [4.78, 5) is 2.15. The van der Waals surface area contributed by atoms with E-state index in [2.05, 4.69) is 24.3 Å². The predicted molar refractivity (Wildman–Crippen MR) is 57.6 cm³/mol. The fourth-order valence-corrected chi connectivity index (χ4v) is 1.36. The largest absolute Gasteiger partial charge is 0.377 e. The van der Waals surface area contributed by atoms with E-state index in [0.29, 0.717) is 6.10 Å². The minimum absolute atomic E-state index is 0. The summed E-state index contributed by atoms with van der Waals surface area (Å²) in [5.41, 5.74) is 0. The van der Waals surface area contributed by atoms with E-state index in [4.69, 9.17) is 4.74 Å². The molecule has 1 aliphatic rings. The zero-order valence-corrected chi connectivity index (χ0v) is 9.40. The van der Waals surface area contributed by atoms with Gasteiger partial charge in [0, 0.05) is 6.54 Å². The molecule has 0 aromatic carbocycles. The molecule has 0 aromatic rings. The molecule has 13 heavy (non-hydrogen) atoms. The Bertz CT molecular complexity index is 116. The topological polar surface area (TPSA) is 24.5 Å². The van der Waals surface area contributed by atoms with Gasteiger partial charge in [-0.05, 0) is 40.0 Å². The van der Waals surface area contributed by atoms with Crippen molar-refractivity contribution in [1.29, 1.82) is 0 Å². The van der Waals surface area contributed by atoms with Crippen LogP contribution >= 0.6 is 12.4 Å². The third-order valence-corrected chi connectivity index (χ3v) is 2.18. The van der Waals surface area contributed by atoms with E-state index in [-0.39, 0.29) is 12.4 Å². The lowest BCUT2D eigenvalue weighted by Crippen LogP contribution is -2.33. The molecule has 1 heterocycles. The minimum Gasteiger partial charge on any atom is -0.377 e. The first-order valence-electron chi connectivity index (χ1n) is 4.76. The van der Waals surface area contributed by atoms with Crippen LogP contribution in [0.1, 0.15) is 12.8 Å². The van der Waals surface area contributed by atoms with Crippen LogP contribution in [0.25, 0.3) is 0 Å². The van der Waals surface area contributed by atoms with Crippen LogP contribution in [0.4, 0.5) is 0 Å². The molecular weight excluding hydrogens is 188 g/mol. The number of nitrogens with zero attached hydrogens (tertiary/aromatic N) is 1. The van der Waals surface area contributed by atoms with Crippen LogP contribution in [0.5, 0.6) is 0 Å². The Balaban J connectivity index is 0.00000144. The van der Waals surface area contributed by atoms with Gasteiger partial charge in [0.15, 0.2) is 0 Å². The molecule has 1 fully saturated rings. The van der Waals surface area contributed by atoms with Gasteiger partial charge in [-0.1, -0.05) is 0 Å². The fourth-order valence-electron chi connectivity index (χ4n) is 1.36. The molecule has 4 heteroatoms. The Hall–Kier alpha value is 0.170. The lowest BCUT2D eigenvalue weighted by atomic mass is 10.1. The van der Waals surface area contributed by atoms with Gasteiger partial charge in [-0.25, -0.2) is 0 Å². The summed E-state index contributed by atoms with van der Waals surface area (Å²) in [5, 5.41) is 3.32. The number of hydrogen-bond donors (Lipinski definition) is 1. The van der Waals surface area contributed by atoms with Crippen LogP contribution < -0.4 is 5.32 Å². The van der Waals surface area contributed by atoms with Crippen molar-refractivity contribution in [2.45, 2.75) is 18.9 Å². The normalized spacial score (nSPS) is 18.7. The molecule has 1 N–H and O–H groups in total. The molecule has 0 spiro atoms. The SMILES string of the molecule is CN(C)CCOC1CCNCC1.Cl. The highest BCUT2D eigenvalue weighted by molar-refractivity contribution is 5.85. The van der Waals surface area contributed by atoms with Gasteiger partial charge in [0.05, 0.1) is 12.7 Å². The highest BCUT2D eigenvalue weighted by atomic mass is 35.5. The van der Waals surface area contributed by atoms with Gasteiger partial charge in [0.2, 0.25) is 0 Å². The molecule has 0 atom stereocenters. The number of hydrogen-bond acceptors (Lipinski definition) is 3. The number of rotatable bonds is 4. The second kappa shape index (κ2) is 7.56. The monoisotopic (exact) mass is 208 g/mol. The number of piperidine rings is 1. The van der Waals surface area contributed by atoms with Gasteiger partial charge < -0.3 is 15.0 Å². The number of likely N-dealkylation sites (N-methyl/N-ethyl adjacent to an activating group) is 1. The second-order valence-corrected chi connectivity index (χ2v) is 3.62. The second-order valence-electron chi connectivity index (χ2n) is 3.62. The Kier molecular flexibility index (Phi) is 7.66. The highest BCUT2D eigenvalue weighted by Crippen LogP contribution is 2.06. The Morgan fingerprint density at radius 3 is 2.46 bits per heavy atom. The molecule has 0 aromatic heterocycles. The van der Waals surface area contributed by atoms with E-state index in [1.165, 1.54) is 12.8 Å². The van der Waals surface area contributed by atoms with E-state index in [9.17, 15) is 0 Å². The molecule has 3 nitrogen and oxygen atoms in total. The van der Waals surface area contributed by atoms with Crippen LogP contribution in [0, 0.1) is 0 Å². The molecule has 0 amide bonds. The first-order valence-corrected chi connectivity index (χ1v) is 4.76. The van der Waals surface area contributed by atoms with Crippen molar-refractivity contribution in [3.8, 4) is 0 Å². The van der Waals surface area contributed by atoms with Gasteiger partial charge >= 0.3 is 0 Å². The number of nitrogens with one attached hydrogen (secondary N) is 1. The quantitative estimate of drug-likeness (QED) is 0.738. The average Bonchev–Trinajstić information content (AvgIpc) is 2.05. The number of halogens is 1. The summed E-state index contributed by atoms with van der Waals surface area (Å²) in [5.74, 6) is 0. The zero-order chi connectivity index (χ0) is 8.81. The molecular formula is C9H21ClN2O. The third kappa shape index (κ3) is 6.27. The van der Waals surface area contributed by atoms with Crippen molar-refractivity contribution in [2.24, 2.45) is 0 Å². The van der Waals surface area contributed by atoms with E-state index in [1.54, 1.807) is 0 Å². The van der Waals surface area contributed by atoms with E-state index >= 15 is 0 Å². The van der Waals surface area contributed by atoms with Crippen LogP contribution in [0.2, 0.25) is 0 Å². The van der Waals surface area contributed by atoms with Gasteiger partial charge in [0.1, 0.15) is 0 Å². The summed E-state index contributed by atoms with van der Waals surface area (Å²) in [6.45, 7) is 4.14. The van der Waals surface area contributed by atoms with Crippen LogP contribution in [0.3, 0.4) is 0 Å². The maximum absolute atomic E-state index is 5.71. The average molecular weight is 209 g/mol. The molecule has 0 unspecified atom stereocenters. The standard InChI is InChI=1S/C9H20N2O.ClH/c1-11(2)7-8-12-9-3-5-10-6-4-9;/h9-10H,3-8H2,1-2H3;1H. The Morgan fingerprint density at radius 2 is 1.92 bits per heavy atom. The van der Waals surface area contributed by atoms with E-state index < -0.39 is 0 Å². The first kappa shape index (κ1) is 13.2. The summed E-state index contributed by atoms with van der Waals surface area (Å²) in [7, 11) is 4.15. The van der Waals surface area contributed by atoms with Gasteiger partial charge in [-0.2, -0.15) is 0 Å². The molecule has 80 valence electrons. The fraction of sp³-hybridized carbons (Fsp3) is 1.00. The van der Waals surface area contributed by atoms with Gasteiger partial charge in [-0.15, -0.1) is 12.4 Å². The van der Waals surface area contributed by atoms with Crippen molar-refractivity contribution >= 4 is 12.4 Å². The van der Waals surface area contributed by atoms with Crippen molar-refractivity contribution in [2.75, 3.05) is 40.3 Å². The smallest absolute Gasteiger partial charge is 0.0600 e. The van der Waals surface area contributed by atoms with Crippen LogP contribution in [-0.2, 0) is 4.74 Å². The Morgan fingerprint density at radius 1 is 1.31 bits per heavy atom. The van der Waals surface area contributed by atoms with E-state index in [1.807, 2.05) is 0 Å². The predicted octanol–water partition coefficient (Wildman–Crippen LogP) is 0.738. The molecule has 0 bridgehead atoms. The van der Waals surface area contributed by atoms with Crippen LogP contribution in [0.15, 0.2) is 0 Å². The summed E-state index contributed by atoms with van der Waals surface area (Å²) >= 11 is 0. The van der Waals surface area contributed by atoms with Crippen molar-refractivity contribution in [1.82, 2.24) is 10.2 Å². The van der Waals surface area contributed by atoms with Crippen molar-refractivity contribution < 1.29 is 4.74 Å². The van der Waals surface area contributed by atoms with Crippen molar-refractivity contribution in [3.63, 3.8) is 0 Å². The molecule has 1 saturated heterocycles. The lowest BCUT2D eigenvalue weighted by molar-refractivity contribution is 0.0257. The summed E-state index contributed by atoms with van der Waals surface area (Å²) in [6.07, 6.45) is 2.85. The molecule has 0 aliphatic carbocycles. The van der Waals surface area contributed by atoms with E-state index in [0.717, 1.165) is 26.2 Å². The number of ether oxygens (including phenoxy) is 1. The maximum Gasteiger partial charge on any atom is 0.0600 e. The minimum atomic E-state index is 0. The van der Waals surface area contributed by atoms with Crippen molar-refractivity contribution in [3.05, 3.63) is 0 Å². The maximum atomic E-state index is 5.71. The summed E-state index contributed by atoms with van der Waals surface area (Å²) in [6, 6.07) is 0. The third-order valence-electron chi connectivity index (χ3n) is 2.18. The molecule has 1 aliphatic heterocycles. The van der Waals surface area contributed by atoms with Gasteiger partial charge in [-0.3, -0.25) is 0 Å². The lowest BCUT2D eigenvalue weighted by Gasteiger charge is -2.23. The van der Waals surface area contributed by atoms with Crippen LogP contribution in [-0.4, -0.2) is 51.3 Å². The van der Waals surface area contributed by atoms with Gasteiger partial charge in [0.25, 0.3) is 0 Å².